The molecule has 3 nitrogen and oxygen atoms in total. The first kappa shape index (κ1) is 13.0. The van der Waals surface area contributed by atoms with Gasteiger partial charge in [-0.05, 0) is 29.5 Å². The normalized spacial score (nSPS) is 15.8. The van der Waals surface area contributed by atoms with E-state index in [1.807, 2.05) is 20.8 Å². The van der Waals surface area contributed by atoms with E-state index in [0.717, 1.165) is 0 Å². The topological polar surface area (TPSA) is 66.5 Å². The lowest BCUT2D eigenvalue weighted by Crippen LogP contribution is -2.36. The smallest absolute Gasteiger partial charge is 0.115 e. The van der Waals surface area contributed by atoms with Crippen molar-refractivity contribution in [3.63, 3.8) is 0 Å². The van der Waals surface area contributed by atoms with E-state index in [1.54, 1.807) is 24.3 Å². The van der Waals surface area contributed by atoms with Crippen LogP contribution in [-0.4, -0.2) is 16.3 Å². The summed E-state index contributed by atoms with van der Waals surface area (Å²) in [5.41, 5.74) is 6.68. The van der Waals surface area contributed by atoms with Crippen LogP contribution in [0.5, 0.6) is 5.75 Å². The van der Waals surface area contributed by atoms with Gasteiger partial charge in [0.05, 0.1) is 6.10 Å². The molecule has 0 unspecified atom stereocenters. The largest absolute Gasteiger partial charge is 0.508 e. The molecule has 0 bridgehead atoms. The van der Waals surface area contributed by atoms with Crippen LogP contribution in [-0.2, 0) is 0 Å². The Kier molecular flexibility index (Phi) is 3.94. The van der Waals surface area contributed by atoms with Crippen molar-refractivity contribution in [2.75, 3.05) is 0 Å². The molecular formula is C13H21NO2. The van der Waals surface area contributed by atoms with Crippen LogP contribution in [0.15, 0.2) is 24.3 Å². The number of nitrogens with two attached hydrogens (primary N) is 1. The zero-order valence-electron chi connectivity index (χ0n) is 10.1. The Bertz CT molecular complexity index is 344. The van der Waals surface area contributed by atoms with Crippen molar-refractivity contribution in [3.8, 4) is 5.75 Å². The molecule has 0 saturated heterocycles. The van der Waals surface area contributed by atoms with Gasteiger partial charge in [0.1, 0.15) is 5.75 Å². The van der Waals surface area contributed by atoms with Crippen molar-refractivity contribution < 1.29 is 10.2 Å². The second-order valence-corrected chi connectivity index (χ2v) is 5.32. The fourth-order valence-electron chi connectivity index (χ4n) is 1.46. The number of aromatic hydroxyl groups is 1. The number of phenols is 1. The summed E-state index contributed by atoms with van der Waals surface area (Å²) in [6, 6.07) is 6.58. The summed E-state index contributed by atoms with van der Waals surface area (Å²) < 4.78 is 0. The van der Waals surface area contributed by atoms with Gasteiger partial charge in [-0.1, -0.05) is 32.9 Å². The molecule has 0 amide bonds. The van der Waals surface area contributed by atoms with E-state index in [0.29, 0.717) is 12.0 Å². The van der Waals surface area contributed by atoms with Gasteiger partial charge in [0.2, 0.25) is 0 Å². The quantitative estimate of drug-likeness (QED) is 0.736. The third-order valence-corrected chi connectivity index (χ3v) is 2.84. The summed E-state index contributed by atoms with van der Waals surface area (Å²) >= 11 is 0. The number of benzene rings is 1. The van der Waals surface area contributed by atoms with Crippen LogP contribution >= 0.6 is 0 Å². The average molecular weight is 223 g/mol. The first-order valence-electron chi connectivity index (χ1n) is 5.53. The van der Waals surface area contributed by atoms with Crippen molar-refractivity contribution in [1.82, 2.24) is 0 Å². The Morgan fingerprint density at radius 1 is 1.31 bits per heavy atom. The monoisotopic (exact) mass is 223 g/mol. The SMILES string of the molecule is CC(C)(C)[C@H](N)C[C@@H](O)c1cccc(O)c1. The van der Waals surface area contributed by atoms with Gasteiger partial charge in [0.15, 0.2) is 0 Å². The third kappa shape index (κ3) is 3.51. The van der Waals surface area contributed by atoms with Gasteiger partial charge in [0.25, 0.3) is 0 Å². The molecule has 0 aliphatic carbocycles. The minimum Gasteiger partial charge on any atom is -0.508 e. The van der Waals surface area contributed by atoms with Gasteiger partial charge in [-0.3, -0.25) is 0 Å². The molecule has 1 aromatic rings. The van der Waals surface area contributed by atoms with Gasteiger partial charge in [0, 0.05) is 6.04 Å². The second kappa shape index (κ2) is 4.85. The predicted octanol–water partition coefficient (Wildman–Crippen LogP) is 2.19. The van der Waals surface area contributed by atoms with E-state index in [2.05, 4.69) is 0 Å². The summed E-state index contributed by atoms with van der Waals surface area (Å²) in [6.07, 6.45) is -0.131. The summed E-state index contributed by atoms with van der Waals surface area (Å²) in [7, 11) is 0. The summed E-state index contributed by atoms with van der Waals surface area (Å²) in [5.74, 6) is 0.167. The highest BCUT2D eigenvalue weighted by atomic mass is 16.3. The predicted molar refractivity (Wildman–Crippen MR) is 65.1 cm³/mol. The lowest BCUT2D eigenvalue weighted by Gasteiger charge is -2.29. The fourth-order valence-corrected chi connectivity index (χ4v) is 1.46. The van der Waals surface area contributed by atoms with Crippen molar-refractivity contribution >= 4 is 0 Å². The van der Waals surface area contributed by atoms with Crippen molar-refractivity contribution in [1.29, 1.82) is 0 Å². The number of hydrogen-bond acceptors (Lipinski definition) is 3. The minimum absolute atomic E-state index is 0.0300. The first-order valence-corrected chi connectivity index (χ1v) is 5.53. The molecule has 0 radical (unpaired) electrons. The maximum atomic E-state index is 9.99. The van der Waals surface area contributed by atoms with Crippen molar-refractivity contribution in [2.45, 2.75) is 39.3 Å². The molecule has 4 N–H and O–H groups in total. The zero-order valence-corrected chi connectivity index (χ0v) is 10.1. The number of hydrogen-bond donors (Lipinski definition) is 3. The molecule has 0 aliphatic heterocycles. The van der Waals surface area contributed by atoms with Gasteiger partial charge in [-0.2, -0.15) is 0 Å². The summed E-state index contributed by atoms with van der Waals surface area (Å²) in [4.78, 5) is 0. The lowest BCUT2D eigenvalue weighted by molar-refractivity contribution is 0.133. The number of phenolic OH excluding ortho intramolecular Hbond substituents is 1. The van der Waals surface area contributed by atoms with Crippen LogP contribution in [0.3, 0.4) is 0 Å². The van der Waals surface area contributed by atoms with Crippen LogP contribution in [0.1, 0.15) is 38.9 Å². The van der Waals surface area contributed by atoms with Crippen molar-refractivity contribution in [3.05, 3.63) is 29.8 Å². The molecule has 0 aromatic heterocycles. The van der Waals surface area contributed by atoms with Crippen LogP contribution in [0.25, 0.3) is 0 Å². The summed E-state index contributed by atoms with van der Waals surface area (Å²) in [5, 5.41) is 19.3. The van der Waals surface area contributed by atoms with Crippen LogP contribution in [0.4, 0.5) is 0 Å². The molecule has 0 saturated carbocycles. The van der Waals surface area contributed by atoms with Gasteiger partial charge < -0.3 is 15.9 Å². The maximum absolute atomic E-state index is 9.99. The van der Waals surface area contributed by atoms with Gasteiger partial charge in [-0.15, -0.1) is 0 Å². The number of aliphatic hydroxyl groups is 1. The molecule has 3 heteroatoms. The van der Waals surface area contributed by atoms with Crippen molar-refractivity contribution in [2.24, 2.45) is 11.1 Å². The van der Waals surface area contributed by atoms with E-state index >= 15 is 0 Å². The van der Waals surface area contributed by atoms with E-state index < -0.39 is 6.10 Å². The van der Waals surface area contributed by atoms with Gasteiger partial charge in [-0.25, -0.2) is 0 Å². The highest BCUT2D eigenvalue weighted by Gasteiger charge is 2.23. The molecule has 1 aromatic carbocycles. The van der Waals surface area contributed by atoms with Crippen LogP contribution in [0.2, 0.25) is 0 Å². The first-order chi connectivity index (χ1) is 7.30. The fraction of sp³-hybridized carbons (Fsp3) is 0.538. The zero-order chi connectivity index (χ0) is 12.3. The summed E-state index contributed by atoms with van der Waals surface area (Å²) in [6.45, 7) is 6.15. The molecule has 90 valence electrons. The number of aliphatic hydroxyl groups excluding tert-OH is 1. The Balaban J connectivity index is 2.69. The number of rotatable bonds is 3. The molecule has 1 rings (SSSR count). The Morgan fingerprint density at radius 2 is 1.94 bits per heavy atom. The molecule has 16 heavy (non-hydrogen) atoms. The van der Waals surface area contributed by atoms with E-state index in [-0.39, 0.29) is 17.2 Å². The Morgan fingerprint density at radius 3 is 2.44 bits per heavy atom. The Hall–Kier alpha value is -1.06. The van der Waals surface area contributed by atoms with Gasteiger partial charge >= 0.3 is 0 Å². The molecule has 0 heterocycles. The average Bonchev–Trinajstić information content (AvgIpc) is 2.16. The molecular weight excluding hydrogens is 202 g/mol. The lowest BCUT2D eigenvalue weighted by atomic mass is 9.83. The van der Waals surface area contributed by atoms with Crippen LogP contribution < -0.4 is 5.73 Å². The van der Waals surface area contributed by atoms with Crippen LogP contribution in [0, 0.1) is 5.41 Å². The third-order valence-electron chi connectivity index (χ3n) is 2.84. The standard InChI is InChI=1S/C13H21NO2/c1-13(2,3)12(14)8-11(16)9-5-4-6-10(15)7-9/h4-7,11-12,15-16H,8,14H2,1-3H3/t11-,12-/m1/s1. The molecule has 0 spiro atoms. The second-order valence-electron chi connectivity index (χ2n) is 5.32. The molecule has 0 aliphatic rings. The molecule has 0 fully saturated rings. The minimum atomic E-state index is -0.624. The highest BCUT2D eigenvalue weighted by molar-refractivity contribution is 5.28. The highest BCUT2D eigenvalue weighted by Crippen LogP contribution is 2.27. The molecule has 2 atom stereocenters. The Labute approximate surface area is 96.9 Å². The van der Waals surface area contributed by atoms with E-state index in [4.69, 9.17) is 5.73 Å². The maximum Gasteiger partial charge on any atom is 0.115 e. The van der Waals surface area contributed by atoms with E-state index in [9.17, 15) is 10.2 Å². The van der Waals surface area contributed by atoms with E-state index in [1.165, 1.54) is 0 Å².